The fraction of sp³-hybridized carbons (Fsp3) is 0.467. The zero-order chi connectivity index (χ0) is 14.1. The van der Waals surface area contributed by atoms with Crippen molar-refractivity contribution in [3.8, 4) is 0 Å². The molecule has 0 saturated carbocycles. The van der Waals surface area contributed by atoms with E-state index in [0.29, 0.717) is 6.04 Å². The van der Waals surface area contributed by atoms with E-state index in [-0.39, 0.29) is 0 Å². The van der Waals surface area contributed by atoms with Gasteiger partial charge < -0.3 is 4.57 Å². The van der Waals surface area contributed by atoms with Crippen molar-refractivity contribution in [2.24, 2.45) is 7.05 Å². The quantitative estimate of drug-likeness (QED) is 0.871. The number of hydrogen-bond acceptors (Lipinski definition) is 3. The van der Waals surface area contributed by atoms with Gasteiger partial charge in [0.05, 0.1) is 6.54 Å². The molecular formula is C15H19ClN4. The first-order valence-corrected chi connectivity index (χ1v) is 7.37. The molecule has 0 amide bonds. The Morgan fingerprint density at radius 1 is 1.25 bits per heavy atom. The van der Waals surface area contributed by atoms with Crippen LogP contribution in [0, 0.1) is 6.92 Å². The Bertz CT molecular complexity index is 590. The van der Waals surface area contributed by atoms with Crippen LogP contribution >= 0.6 is 11.6 Å². The maximum Gasteiger partial charge on any atom is 0.146 e. The minimum Gasteiger partial charge on any atom is -0.317 e. The van der Waals surface area contributed by atoms with E-state index in [4.69, 9.17) is 11.6 Å². The number of aryl methyl sites for hydroxylation is 1. The number of rotatable bonds is 3. The largest absolute Gasteiger partial charge is 0.317 e. The third kappa shape index (κ3) is 2.58. The van der Waals surface area contributed by atoms with E-state index in [0.717, 1.165) is 29.8 Å². The van der Waals surface area contributed by atoms with Crippen molar-refractivity contribution in [1.82, 2.24) is 19.7 Å². The zero-order valence-electron chi connectivity index (χ0n) is 11.9. The summed E-state index contributed by atoms with van der Waals surface area (Å²) in [5, 5.41) is 9.20. The van der Waals surface area contributed by atoms with E-state index in [1.54, 1.807) is 0 Å². The van der Waals surface area contributed by atoms with Gasteiger partial charge in [0.25, 0.3) is 0 Å². The summed E-state index contributed by atoms with van der Waals surface area (Å²) in [5.41, 5.74) is 1.34. The van der Waals surface area contributed by atoms with Gasteiger partial charge in [-0.1, -0.05) is 23.7 Å². The van der Waals surface area contributed by atoms with Crippen molar-refractivity contribution in [3.05, 3.63) is 46.5 Å². The standard InChI is InChI=1S/C15H19ClN4/c1-11-17-18-15(19(11)2)10-20-9-3-4-14(20)12-5-7-13(16)8-6-12/h5-8,14H,3-4,9-10H2,1-2H3/t14-/m1/s1. The minimum absolute atomic E-state index is 0.462. The molecule has 1 saturated heterocycles. The summed E-state index contributed by atoms with van der Waals surface area (Å²) < 4.78 is 2.07. The first-order chi connectivity index (χ1) is 9.65. The van der Waals surface area contributed by atoms with Crippen LogP contribution in [0.25, 0.3) is 0 Å². The van der Waals surface area contributed by atoms with Crippen molar-refractivity contribution in [3.63, 3.8) is 0 Å². The number of benzene rings is 1. The maximum absolute atomic E-state index is 5.97. The molecule has 0 N–H and O–H groups in total. The lowest BCUT2D eigenvalue weighted by atomic mass is 10.0. The summed E-state index contributed by atoms with van der Waals surface area (Å²) in [4.78, 5) is 2.48. The van der Waals surface area contributed by atoms with Gasteiger partial charge in [0.15, 0.2) is 0 Å². The molecule has 2 heterocycles. The van der Waals surface area contributed by atoms with Crippen LogP contribution < -0.4 is 0 Å². The third-order valence-corrected chi connectivity index (χ3v) is 4.40. The maximum atomic E-state index is 5.97. The number of halogens is 1. The third-order valence-electron chi connectivity index (χ3n) is 4.15. The molecular weight excluding hydrogens is 272 g/mol. The topological polar surface area (TPSA) is 34.0 Å². The molecule has 0 bridgehead atoms. The molecule has 4 nitrogen and oxygen atoms in total. The molecule has 106 valence electrons. The molecule has 20 heavy (non-hydrogen) atoms. The van der Waals surface area contributed by atoms with Crippen molar-refractivity contribution >= 4 is 11.6 Å². The van der Waals surface area contributed by atoms with E-state index in [1.807, 2.05) is 26.1 Å². The molecule has 3 rings (SSSR count). The van der Waals surface area contributed by atoms with Crippen LogP contribution in [0.4, 0.5) is 0 Å². The molecule has 1 aromatic heterocycles. The lowest BCUT2D eigenvalue weighted by Crippen LogP contribution is -2.24. The van der Waals surface area contributed by atoms with Crippen LogP contribution in [0.5, 0.6) is 0 Å². The van der Waals surface area contributed by atoms with E-state index in [2.05, 4.69) is 31.8 Å². The van der Waals surface area contributed by atoms with Crippen LogP contribution in [0.2, 0.25) is 5.02 Å². The highest BCUT2D eigenvalue weighted by Gasteiger charge is 2.27. The van der Waals surface area contributed by atoms with E-state index in [9.17, 15) is 0 Å². The van der Waals surface area contributed by atoms with Gasteiger partial charge in [-0.3, -0.25) is 4.90 Å². The molecule has 1 aliphatic rings. The Kier molecular flexibility index (Phi) is 3.76. The first-order valence-electron chi connectivity index (χ1n) is 6.99. The predicted molar refractivity (Wildman–Crippen MR) is 79.6 cm³/mol. The molecule has 0 aliphatic carbocycles. The van der Waals surface area contributed by atoms with Gasteiger partial charge in [0.1, 0.15) is 11.6 Å². The molecule has 0 radical (unpaired) electrons. The number of likely N-dealkylation sites (tertiary alicyclic amines) is 1. The van der Waals surface area contributed by atoms with Crippen LogP contribution in [-0.4, -0.2) is 26.2 Å². The number of hydrogen-bond donors (Lipinski definition) is 0. The molecule has 1 fully saturated rings. The van der Waals surface area contributed by atoms with Crippen molar-refractivity contribution in [1.29, 1.82) is 0 Å². The second-order valence-electron chi connectivity index (χ2n) is 5.40. The normalized spacial score (nSPS) is 19.6. The Labute approximate surface area is 124 Å². The van der Waals surface area contributed by atoms with Gasteiger partial charge >= 0.3 is 0 Å². The molecule has 0 spiro atoms. The summed E-state index contributed by atoms with van der Waals surface area (Å²) in [6.07, 6.45) is 2.42. The fourth-order valence-electron chi connectivity index (χ4n) is 2.85. The predicted octanol–water partition coefficient (Wildman–Crippen LogP) is 3.11. The average Bonchev–Trinajstić information content (AvgIpc) is 3.02. The first kappa shape index (κ1) is 13.6. The summed E-state index contributed by atoms with van der Waals surface area (Å²) in [5.74, 6) is 1.99. The summed E-state index contributed by atoms with van der Waals surface area (Å²) >= 11 is 5.97. The fourth-order valence-corrected chi connectivity index (χ4v) is 2.97. The molecule has 5 heteroatoms. The second kappa shape index (κ2) is 5.54. The Hall–Kier alpha value is -1.39. The highest BCUT2D eigenvalue weighted by Crippen LogP contribution is 2.33. The summed E-state index contributed by atoms with van der Waals surface area (Å²) in [6.45, 7) is 3.95. The molecule has 1 aliphatic heterocycles. The zero-order valence-corrected chi connectivity index (χ0v) is 12.6. The van der Waals surface area contributed by atoms with Crippen LogP contribution in [-0.2, 0) is 13.6 Å². The Morgan fingerprint density at radius 2 is 2.00 bits per heavy atom. The highest BCUT2D eigenvalue weighted by atomic mass is 35.5. The lowest BCUT2D eigenvalue weighted by Gasteiger charge is -2.24. The monoisotopic (exact) mass is 290 g/mol. The highest BCUT2D eigenvalue weighted by molar-refractivity contribution is 6.30. The van der Waals surface area contributed by atoms with E-state index in [1.165, 1.54) is 18.4 Å². The van der Waals surface area contributed by atoms with Gasteiger partial charge in [-0.2, -0.15) is 0 Å². The van der Waals surface area contributed by atoms with Crippen LogP contribution in [0.3, 0.4) is 0 Å². The minimum atomic E-state index is 0.462. The second-order valence-corrected chi connectivity index (χ2v) is 5.84. The van der Waals surface area contributed by atoms with Gasteiger partial charge in [0, 0.05) is 18.1 Å². The van der Waals surface area contributed by atoms with Gasteiger partial charge in [0.2, 0.25) is 0 Å². The van der Waals surface area contributed by atoms with E-state index < -0.39 is 0 Å². The van der Waals surface area contributed by atoms with Crippen LogP contribution in [0.15, 0.2) is 24.3 Å². The average molecular weight is 291 g/mol. The smallest absolute Gasteiger partial charge is 0.146 e. The summed E-state index contributed by atoms with van der Waals surface area (Å²) in [7, 11) is 2.03. The van der Waals surface area contributed by atoms with Gasteiger partial charge in [-0.15, -0.1) is 10.2 Å². The van der Waals surface area contributed by atoms with Crippen LogP contribution in [0.1, 0.15) is 36.1 Å². The molecule has 2 aromatic rings. The Balaban J connectivity index is 1.79. The van der Waals surface area contributed by atoms with Gasteiger partial charge in [-0.05, 0) is 44.0 Å². The number of nitrogens with zero attached hydrogens (tertiary/aromatic N) is 4. The number of aromatic nitrogens is 3. The SMILES string of the molecule is Cc1nnc(CN2CCC[C@@H]2c2ccc(Cl)cc2)n1C. The molecule has 0 unspecified atom stereocenters. The van der Waals surface area contributed by atoms with Crippen molar-refractivity contribution < 1.29 is 0 Å². The molecule has 1 aromatic carbocycles. The molecule has 1 atom stereocenters. The van der Waals surface area contributed by atoms with E-state index >= 15 is 0 Å². The van der Waals surface area contributed by atoms with Crippen molar-refractivity contribution in [2.75, 3.05) is 6.54 Å². The van der Waals surface area contributed by atoms with Crippen molar-refractivity contribution in [2.45, 2.75) is 32.4 Å². The Morgan fingerprint density at radius 3 is 2.65 bits per heavy atom. The lowest BCUT2D eigenvalue weighted by molar-refractivity contribution is 0.239. The summed E-state index contributed by atoms with van der Waals surface area (Å²) in [6, 6.07) is 8.67. The van der Waals surface area contributed by atoms with Gasteiger partial charge in [-0.25, -0.2) is 0 Å².